The minimum Gasteiger partial charge on any atom is -0.497 e. The third-order valence-corrected chi connectivity index (χ3v) is 4.42. The Hall–Kier alpha value is -2.83. The van der Waals surface area contributed by atoms with E-state index in [1.165, 1.54) is 0 Å². The van der Waals surface area contributed by atoms with Gasteiger partial charge in [-0.25, -0.2) is 4.68 Å². The molecule has 1 unspecified atom stereocenters. The number of aromatic nitrogens is 2. The smallest absolute Gasteiger partial charge is 0.311 e. The molecule has 24 heavy (non-hydrogen) atoms. The highest BCUT2D eigenvalue weighted by molar-refractivity contribution is 5.93. The fourth-order valence-corrected chi connectivity index (χ4v) is 2.79. The van der Waals surface area contributed by atoms with Gasteiger partial charge in [-0.15, -0.1) is 0 Å². The van der Waals surface area contributed by atoms with E-state index in [-0.39, 0.29) is 12.5 Å². The predicted octanol–water partition coefficient (Wildman–Crippen LogP) is 1.82. The first kappa shape index (κ1) is 16.0. The molecule has 1 aliphatic heterocycles. The molecule has 1 aromatic carbocycles. The molecule has 2 heterocycles. The molecule has 1 atom stereocenters. The van der Waals surface area contributed by atoms with Gasteiger partial charge in [0.25, 0.3) is 5.91 Å². The number of methoxy groups -OCH3 is 1. The van der Waals surface area contributed by atoms with Gasteiger partial charge in [-0.3, -0.25) is 9.59 Å². The van der Waals surface area contributed by atoms with Crippen LogP contribution in [0.2, 0.25) is 0 Å². The number of carbonyl (C=O) groups excluding carboxylic acids is 1. The third-order valence-electron chi connectivity index (χ3n) is 4.42. The Bertz CT molecular complexity index is 768. The number of benzene rings is 1. The Morgan fingerprint density at radius 3 is 2.54 bits per heavy atom. The normalized spacial score (nSPS) is 20.2. The number of carbonyl (C=O) groups is 2. The van der Waals surface area contributed by atoms with Gasteiger partial charge >= 0.3 is 5.97 Å². The Balaban J connectivity index is 1.75. The van der Waals surface area contributed by atoms with Gasteiger partial charge in [0.1, 0.15) is 5.75 Å². The largest absolute Gasteiger partial charge is 0.497 e. The number of amides is 1. The van der Waals surface area contributed by atoms with E-state index in [9.17, 15) is 14.7 Å². The molecule has 2 aromatic rings. The molecule has 3 rings (SSSR count). The lowest BCUT2D eigenvalue weighted by Crippen LogP contribution is -2.35. The molecule has 0 bridgehead atoms. The van der Waals surface area contributed by atoms with Crippen molar-refractivity contribution in [2.24, 2.45) is 5.41 Å². The number of hydrogen-bond donors (Lipinski definition) is 1. The van der Waals surface area contributed by atoms with Crippen LogP contribution in [0.4, 0.5) is 0 Å². The fourth-order valence-electron chi connectivity index (χ4n) is 2.79. The molecule has 1 aromatic heterocycles. The van der Waals surface area contributed by atoms with Crippen LogP contribution in [0.25, 0.3) is 5.69 Å². The van der Waals surface area contributed by atoms with Gasteiger partial charge in [0.05, 0.1) is 18.2 Å². The summed E-state index contributed by atoms with van der Waals surface area (Å²) in [6, 6.07) is 8.96. The minimum absolute atomic E-state index is 0.205. The van der Waals surface area contributed by atoms with Crippen molar-refractivity contribution in [1.29, 1.82) is 0 Å². The lowest BCUT2D eigenvalue weighted by molar-refractivity contribution is -0.147. The number of aliphatic carboxylic acids is 1. The second-order valence-corrected chi connectivity index (χ2v) is 6.19. The summed E-state index contributed by atoms with van der Waals surface area (Å²) in [7, 11) is 1.60. The van der Waals surface area contributed by atoms with Crippen LogP contribution in [0, 0.1) is 5.41 Å². The second-order valence-electron chi connectivity index (χ2n) is 6.19. The summed E-state index contributed by atoms with van der Waals surface area (Å²) >= 11 is 0. The van der Waals surface area contributed by atoms with Crippen molar-refractivity contribution in [3.63, 3.8) is 0 Å². The number of ether oxygens (including phenoxy) is 1. The van der Waals surface area contributed by atoms with Crippen molar-refractivity contribution in [1.82, 2.24) is 14.7 Å². The van der Waals surface area contributed by atoms with Crippen LogP contribution in [0.15, 0.2) is 36.5 Å². The van der Waals surface area contributed by atoms with E-state index in [4.69, 9.17) is 4.74 Å². The Labute approximate surface area is 139 Å². The predicted molar refractivity (Wildman–Crippen MR) is 86.4 cm³/mol. The molecule has 0 spiro atoms. The van der Waals surface area contributed by atoms with E-state index >= 15 is 0 Å². The quantitative estimate of drug-likeness (QED) is 0.925. The summed E-state index contributed by atoms with van der Waals surface area (Å²) in [5.74, 6) is -0.374. The zero-order valence-electron chi connectivity index (χ0n) is 13.6. The molecule has 7 nitrogen and oxygen atoms in total. The molecule has 1 saturated heterocycles. The van der Waals surface area contributed by atoms with Crippen molar-refractivity contribution in [2.45, 2.75) is 13.3 Å². The fraction of sp³-hybridized carbons (Fsp3) is 0.353. The summed E-state index contributed by atoms with van der Waals surface area (Å²) in [4.78, 5) is 25.4. The van der Waals surface area contributed by atoms with E-state index in [0.29, 0.717) is 18.7 Å². The average molecular weight is 329 g/mol. The molecule has 0 saturated carbocycles. The Kier molecular flexibility index (Phi) is 4.01. The molecule has 1 N–H and O–H groups in total. The maximum Gasteiger partial charge on any atom is 0.311 e. The van der Waals surface area contributed by atoms with Gasteiger partial charge in [-0.05, 0) is 43.7 Å². The van der Waals surface area contributed by atoms with Gasteiger partial charge in [0.2, 0.25) is 0 Å². The molecule has 7 heteroatoms. The zero-order chi connectivity index (χ0) is 17.3. The maximum absolute atomic E-state index is 12.5. The lowest BCUT2D eigenvalue weighted by atomic mass is 9.90. The number of nitrogens with zero attached hydrogens (tertiary/aromatic N) is 3. The molecule has 0 radical (unpaired) electrons. The van der Waals surface area contributed by atoms with Gasteiger partial charge in [-0.2, -0.15) is 5.10 Å². The van der Waals surface area contributed by atoms with Crippen molar-refractivity contribution < 1.29 is 19.4 Å². The Morgan fingerprint density at radius 2 is 1.96 bits per heavy atom. The van der Waals surface area contributed by atoms with Crippen LogP contribution < -0.4 is 4.74 Å². The number of carboxylic acids is 1. The van der Waals surface area contributed by atoms with Crippen molar-refractivity contribution in [3.8, 4) is 11.4 Å². The standard InChI is InChI=1S/C17H19N3O4/c1-17(16(22)23)8-10-19(11-17)15(21)14-7-9-20(18-14)12-3-5-13(24-2)6-4-12/h3-7,9H,8,10-11H2,1-2H3,(H,22,23). The second kappa shape index (κ2) is 5.99. The van der Waals surface area contributed by atoms with Crippen LogP contribution in [-0.2, 0) is 4.79 Å². The van der Waals surface area contributed by atoms with Gasteiger partial charge in [0.15, 0.2) is 5.69 Å². The number of likely N-dealkylation sites (tertiary alicyclic amines) is 1. The highest BCUT2D eigenvalue weighted by Crippen LogP contribution is 2.30. The topological polar surface area (TPSA) is 84.7 Å². The van der Waals surface area contributed by atoms with Crippen LogP contribution in [0.5, 0.6) is 5.75 Å². The lowest BCUT2D eigenvalue weighted by Gasteiger charge is -2.19. The molecule has 1 amide bonds. The van der Waals surface area contributed by atoms with Crippen LogP contribution in [0.3, 0.4) is 0 Å². The summed E-state index contributed by atoms with van der Waals surface area (Å²) in [5, 5.41) is 13.6. The number of hydrogen-bond acceptors (Lipinski definition) is 4. The maximum atomic E-state index is 12.5. The summed E-state index contributed by atoms with van der Waals surface area (Å²) in [5.41, 5.74) is 0.237. The first-order valence-corrected chi connectivity index (χ1v) is 7.66. The molecular formula is C17H19N3O4. The average Bonchev–Trinajstić information content (AvgIpc) is 3.22. The molecule has 1 aliphatic rings. The molecule has 0 aliphatic carbocycles. The van der Waals surface area contributed by atoms with Crippen LogP contribution in [-0.4, -0.2) is 51.9 Å². The minimum atomic E-state index is -0.881. The van der Waals surface area contributed by atoms with Crippen LogP contribution >= 0.6 is 0 Å². The summed E-state index contributed by atoms with van der Waals surface area (Å²) in [6.45, 7) is 2.30. The van der Waals surface area contributed by atoms with Crippen molar-refractivity contribution in [3.05, 3.63) is 42.2 Å². The summed E-state index contributed by atoms with van der Waals surface area (Å²) < 4.78 is 6.73. The summed E-state index contributed by atoms with van der Waals surface area (Å²) in [6.07, 6.45) is 2.16. The van der Waals surface area contributed by atoms with Gasteiger partial charge in [0, 0.05) is 19.3 Å². The van der Waals surface area contributed by atoms with E-state index in [2.05, 4.69) is 5.10 Å². The van der Waals surface area contributed by atoms with E-state index in [1.807, 2.05) is 24.3 Å². The number of carboxylic acid groups (broad SMARTS) is 1. The zero-order valence-corrected chi connectivity index (χ0v) is 13.6. The van der Waals surface area contributed by atoms with E-state index in [0.717, 1.165) is 11.4 Å². The van der Waals surface area contributed by atoms with Gasteiger partial charge in [-0.1, -0.05) is 0 Å². The first-order valence-electron chi connectivity index (χ1n) is 7.66. The van der Waals surface area contributed by atoms with Crippen molar-refractivity contribution in [2.75, 3.05) is 20.2 Å². The Morgan fingerprint density at radius 1 is 1.25 bits per heavy atom. The van der Waals surface area contributed by atoms with E-state index < -0.39 is 11.4 Å². The SMILES string of the molecule is COc1ccc(-n2ccc(C(=O)N3CCC(C)(C(=O)O)C3)n2)cc1. The van der Waals surface area contributed by atoms with E-state index in [1.54, 1.807) is 35.9 Å². The first-order chi connectivity index (χ1) is 11.4. The monoisotopic (exact) mass is 329 g/mol. The molecule has 126 valence electrons. The highest BCUT2D eigenvalue weighted by atomic mass is 16.5. The van der Waals surface area contributed by atoms with Crippen molar-refractivity contribution >= 4 is 11.9 Å². The highest BCUT2D eigenvalue weighted by Gasteiger charge is 2.42. The molecular weight excluding hydrogens is 310 g/mol. The number of rotatable bonds is 4. The van der Waals surface area contributed by atoms with Gasteiger partial charge < -0.3 is 14.7 Å². The molecule has 1 fully saturated rings. The third kappa shape index (κ3) is 2.84. The van der Waals surface area contributed by atoms with Crippen LogP contribution in [0.1, 0.15) is 23.8 Å².